The molecule has 27 heavy (non-hydrogen) atoms. The van der Waals surface area contributed by atoms with E-state index in [0.29, 0.717) is 6.42 Å². The van der Waals surface area contributed by atoms with Crippen molar-refractivity contribution < 1.29 is 28.9 Å². The summed E-state index contributed by atoms with van der Waals surface area (Å²) >= 11 is 0. The van der Waals surface area contributed by atoms with Gasteiger partial charge >= 0.3 is 11.9 Å². The van der Waals surface area contributed by atoms with Crippen LogP contribution in [0.2, 0.25) is 0 Å². The van der Waals surface area contributed by atoms with E-state index < -0.39 is 24.0 Å². The molecule has 8 heteroatoms. The van der Waals surface area contributed by atoms with Gasteiger partial charge in [0.1, 0.15) is 23.7 Å². The topological polar surface area (TPSA) is 136 Å². The predicted octanol–water partition coefficient (Wildman–Crippen LogP) is 1.43. The van der Waals surface area contributed by atoms with Gasteiger partial charge < -0.3 is 26.4 Å². The molecule has 7 nitrogen and oxygen atoms in total. The van der Waals surface area contributed by atoms with Crippen LogP contribution in [0.25, 0.3) is 0 Å². The second-order valence-electron chi connectivity index (χ2n) is 5.77. The molecule has 0 aliphatic carbocycles. The van der Waals surface area contributed by atoms with Gasteiger partial charge in [0, 0.05) is 0 Å². The Balaban J connectivity index is 0.000000271. The van der Waals surface area contributed by atoms with Crippen LogP contribution in [-0.2, 0) is 22.4 Å². The Morgan fingerprint density at radius 1 is 0.889 bits per heavy atom. The monoisotopic (exact) mass is 378 g/mol. The van der Waals surface area contributed by atoms with E-state index >= 15 is 0 Å². The van der Waals surface area contributed by atoms with Crippen LogP contribution >= 0.6 is 0 Å². The van der Waals surface area contributed by atoms with E-state index in [2.05, 4.69) is 0 Å². The lowest BCUT2D eigenvalue weighted by atomic mass is 10.1. The molecule has 2 aromatic carbocycles. The minimum Gasteiger partial charge on any atom is -0.497 e. The summed E-state index contributed by atoms with van der Waals surface area (Å²) in [6.07, 6.45) is 0.551. The number of halogens is 1. The average Bonchev–Trinajstić information content (AvgIpc) is 2.64. The Morgan fingerprint density at radius 3 is 1.59 bits per heavy atom. The lowest BCUT2D eigenvalue weighted by molar-refractivity contribution is -0.139. The van der Waals surface area contributed by atoms with Crippen molar-refractivity contribution in [2.24, 2.45) is 11.5 Å². The molecular weight excluding hydrogens is 355 g/mol. The van der Waals surface area contributed by atoms with Crippen LogP contribution < -0.4 is 16.2 Å². The largest absolute Gasteiger partial charge is 0.497 e. The highest BCUT2D eigenvalue weighted by atomic mass is 19.1. The van der Waals surface area contributed by atoms with E-state index in [1.807, 2.05) is 12.1 Å². The SMILES string of the molecule is COc1ccc(CC(N)C(=O)O)cc1.NC(Cc1ccc(F)cc1)C(=O)O. The van der Waals surface area contributed by atoms with Gasteiger partial charge in [-0.2, -0.15) is 0 Å². The van der Waals surface area contributed by atoms with Crippen LogP contribution in [-0.4, -0.2) is 41.3 Å². The fourth-order valence-corrected chi connectivity index (χ4v) is 2.06. The average molecular weight is 378 g/mol. The molecule has 0 spiro atoms. The fourth-order valence-electron chi connectivity index (χ4n) is 2.06. The summed E-state index contributed by atoms with van der Waals surface area (Å²) in [5, 5.41) is 17.1. The molecule has 0 aromatic heterocycles. The zero-order valence-corrected chi connectivity index (χ0v) is 14.8. The Morgan fingerprint density at radius 2 is 1.26 bits per heavy atom. The molecule has 2 rings (SSSR count). The van der Waals surface area contributed by atoms with E-state index in [1.54, 1.807) is 19.2 Å². The van der Waals surface area contributed by atoms with Crippen molar-refractivity contribution in [3.8, 4) is 5.75 Å². The summed E-state index contributed by atoms with van der Waals surface area (Å²) in [7, 11) is 1.58. The zero-order chi connectivity index (χ0) is 20.4. The van der Waals surface area contributed by atoms with Gasteiger partial charge in [0.2, 0.25) is 0 Å². The van der Waals surface area contributed by atoms with Gasteiger partial charge in [-0.25, -0.2) is 4.39 Å². The molecule has 0 aliphatic rings. The van der Waals surface area contributed by atoms with Crippen LogP contribution in [0.5, 0.6) is 5.75 Å². The number of hydrogen-bond acceptors (Lipinski definition) is 5. The Bertz CT molecular complexity index is 735. The normalized spacial score (nSPS) is 12.3. The maximum atomic E-state index is 12.4. The summed E-state index contributed by atoms with van der Waals surface area (Å²) in [6.45, 7) is 0. The summed E-state index contributed by atoms with van der Waals surface area (Å²) < 4.78 is 17.4. The highest BCUT2D eigenvalue weighted by Crippen LogP contribution is 2.12. The van der Waals surface area contributed by atoms with Crippen molar-refractivity contribution in [3.63, 3.8) is 0 Å². The molecule has 0 amide bonds. The Hall–Kier alpha value is -2.97. The second kappa shape index (κ2) is 10.9. The van der Waals surface area contributed by atoms with Crippen LogP contribution in [0.3, 0.4) is 0 Å². The number of benzene rings is 2. The summed E-state index contributed by atoms with van der Waals surface area (Å²) in [5.41, 5.74) is 12.3. The van der Waals surface area contributed by atoms with Gasteiger partial charge in [-0.05, 0) is 48.2 Å². The highest BCUT2D eigenvalue weighted by Gasteiger charge is 2.12. The number of rotatable bonds is 7. The molecule has 0 radical (unpaired) electrons. The quantitative estimate of drug-likeness (QED) is 0.572. The maximum Gasteiger partial charge on any atom is 0.320 e. The van der Waals surface area contributed by atoms with E-state index in [1.165, 1.54) is 24.3 Å². The minimum absolute atomic E-state index is 0.218. The van der Waals surface area contributed by atoms with Gasteiger partial charge in [0.25, 0.3) is 0 Å². The van der Waals surface area contributed by atoms with Crippen LogP contribution in [0, 0.1) is 5.82 Å². The number of hydrogen-bond donors (Lipinski definition) is 4. The van der Waals surface area contributed by atoms with E-state index in [9.17, 15) is 14.0 Å². The molecule has 6 N–H and O–H groups in total. The number of carboxylic acids is 2. The first kappa shape index (κ1) is 22.1. The number of nitrogens with two attached hydrogens (primary N) is 2. The van der Waals surface area contributed by atoms with Crippen molar-refractivity contribution in [2.75, 3.05) is 7.11 Å². The molecule has 146 valence electrons. The lowest BCUT2D eigenvalue weighted by Crippen LogP contribution is -2.32. The minimum atomic E-state index is -1.05. The van der Waals surface area contributed by atoms with Crippen molar-refractivity contribution in [1.29, 1.82) is 0 Å². The molecule has 2 atom stereocenters. The number of ether oxygens (including phenoxy) is 1. The first-order valence-corrected chi connectivity index (χ1v) is 8.07. The molecule has 0 saturated heterocycles. The number of aliphatic carboxylic acids is 2. The van der Waals surface area contributed by atoms with Crippen LogP contribution in [0.1, 0.15) is 11.1 Å². The third-order valence-electron chi connectivity index (χ3n) is 3.62. The van der Waals surface area contributed by atoms with E-state index in [-0.39, 0.29) is 12.2 Å². The van der Waals surface area contributed by atoms with E-state index in [0.717, 1.165) is 16.9 Å². The molecule has 0 heterocycles. The van der Waals surface area contributed by atoms with Gasteiger partial charge in [0.05, 0.1) is 7.11 Å². The smallest absolute Gasteiger partial charge is 0.320 e. The van der Waals surface area contributed by atoms with Crippen molar-refractivity contribution >= 4 is 11.9 Å². The molecule has 2 aromatic rings. The lowest BCUT2D eigenvalue weighted by Gasteiger charge is -2.06. The predicted molar refractivity (Wildman–Crippen MR) is 98.0 cm³/mol. The summed E-state index contributed by atoms with van der Waals surface area (Å²) in [6, 6.07) is 11.0. The van der Waals surface area contributed by atoms with Crippen molar-refractivity contribution in [1.82, 2.24) is 0 Å². The molecule has 0 fully saturated rings. The first-order chi connectivity index (χ1) is 12.7. The van der Waals surface area contributed by atoms with Crippen LogP contribution in [0.4, 0.5) is 4.39 Å². The Labute approximate surface area is 156 Å². The second-order valence-corrected chi connectivity index (χ2v) is 5.77. The standard InChI is InChI=1S/C10H13NO3.C9H10FNO2/c1-14-8-4-2-7(3-5-8)6-9(11)10(12)13;10-7-3-1-6(2-4-7)5-8(11)9(12)13/h2-5,9H,6,11H2,1H3,(H,12,13);1-4,8H,5,11H2,(H,12,13). The van der Waals surface area contributed by atoms with Gasteiger partial charge in [-0.1, -0.05) is 24.3 Å². The highest BCUT2D eigenvalue weighted by molar-refractivity contribution is 5.73. The first-order valence-electron chi connectivity index (χ1n) is 8.07. The van der Waals surface area contributed by atoms with Gasteiger partial charge in [-0.15, -0.1) is 0 Å². The molecular formula is C19H23FN2O5. The molecule has 0 bridgehead atoms. The van der Waals surface area contributed by atoms with Gasteiger partial charge in [0.15, 0.2) is 0 Å². The number of carbonyl (C=O) groups is 2. The third-order valence-corrected chi connectivity index (χ3v) is 3.62. The molecule has 2 unspecified atom stereocenters. The van der Waals surface area contributed by atoms with E-state index in [4.69, 9.17) is 26.4 Å². The van der Waals surface area contributed by atoms with Crippen molar-refractivity contribution in [2.45, 2.75) is 24.9 Å². The van der Waals surface area contributed by atoms with Gasteiger partial charge in [-0.3, -0.25) is 9.59 Å². The van der Waals surface area contributed by atoms with Crippen molar-refractivity contribution in [3.05, 3.63) is 65.5 Å². The number of methoxy groups -OCH3 is 1. The molecule has 0 saturated carbocycles. The summed E-state index contributed by atoms with van der Waals surface area (Å²) in [4.78, 5) is 20.8. The third kappa shape index (κ3) is 8.30. The fraction of sp³-hybridized carbons (Fsp3) is 0.263. The number of carboxylic acid groups (broad SMARTS) is 2. The molecule has 0 aliphatic heterocycles. The summed E-state index contributed by atoms with van der Waals surface area (Å²) in [5.74, 6) is -1.63. The maximum absolute atomic E-state index is 12.4. The van der Waals surface area contributed by atoms with Crippen LogP contribution in [0.15, 0.2) is 48.5 Å². The zero-order valence-electron chi connectivity index (χ0n) is 14.8. The Kier molecular flexibility index (Phi) is 8.91.